The van der Waals surface area contributed by atoms with Crippen LogP contribution in [0, 0.1) is 5.92 Å². The van der Waals surface area contributed by atoms with Gasteiger partial charge in [-0.25, -0.2) is 0 Å². The Morgan fingerprint density at radius 2 is 1.84 bits per heavy atom. The van der Waals surface area contributed by atoms with Gasteiger partial charge in [0.05, 0.1) is 6.04 Å². The number of aliphatic hydroxyl groups is 1. The molecular formula is C25H40N2O4. The SMILES string of the molecule is CCCCCCCC(=O)N[C@H](CN1CCC(C)CC1)[C@H](O)c1ccc2c(c1)OCCO2. The lowest BCUT2D eigenvalue weighted by Gasteiger charge is -2.35. The first-order valence-electron chi connectivity index (χ1n) is 12.2. The fraction of sp³-hybridized carbons (Fsp3) is 0.720. The molecule has 1 saturated heterocycles. The number of piperidine rings is 1. The van der Waals surface area contributed by atoms with Crippen LogP contribution in [-0.2, 0) is 4.79 Å². The maximum absolute atomic E-state index is 12.7. The second-order valence-corrected chi connectivity index (χ2v) is 9.17. The van der Waals surface area contributed by atoms with Gasteiger partial charge in [-0.3, -0.25) is 4.79 Å². The average molecular weight is 433 g/mol. The lowest BCUT2D eigenvalue weighted by atomic mass is 9.96. The number of unbranched alkanes of at least 4 members (excludes halogenated alkanes) is 4. The second-order valence-electron chi connectivity index (χ2n) is 9.17. The Morgan fingerprint density at radius 3 is 2.58 bits per heavy atom. The molecule has 0 aliphatic carbocycles. The maximum atomic E-state index is 12.7. The van der Waals surface area contributed by atoms with Crippen molar-refractivity contribution in [3.8, 4) is 11.5 Å². The molecule has 3 rings (SSSR count). The summed E-state index contributed by atoms with van der Waals surface area (Å²) in [5.41, 5.74) is 0.753. The third-order valence-electron chi connectivity index (χ3n) is 6.47. The van der Waals surface area contributed by atoms with Crippen molar-refractivity contribution in [1.82, 2.24) is 10.2 Å². The van der Waals surface area contributed by atoms with Gasteiger partial charge in [0.25, 0.3) is 0 Å². The average Bonchev–Trinajstić information content (AvgIpc) is 2.79. The number of nitrogens with zero attached hydrogens (tertiary/aromatic N) is 1. The molecule has 1 aromatic carbocycles. The van der Waals surface area contributed by atoms with Crippen molar-refractivity contribution in [1.29, 1.82) is 0 Å². The number of hydrogen-bond donors (Lipinski definition) is 2. The second kappa shape index (κ2) is 12.3. The van der Waals surface area contributed by atoms with E-state index >= 15 is 0 Å². The Kier molecular flexibility index (Phi) is 9.47. The molecule has 0 saturated carbocycles. The molecule has 1 amide bonds. The summed E-state index contributed by atoms with van der Waals surface area (Å²) in [5, 5.41) is 14.4. The molecule has 2 aliphatic rings. The standard InChI is InChI=1S/C25H40N2O4/c1-3-4-5-6-7-8-24(28)26-21(18-27-13-11-19(2)12-14-27)25(29)20-9-10-22-23(17-20)31-16-15-30-22/h9-10,17,19,21,25,29H,3-8,11-16,18H2,1-2H3,(H,26,28)/t21-,25-/m1/s1. The highest BCUT2D eigenvalue weighted by atomic mass is 16.6. The van der Waals surface area contributed by atoms with Crippen molar-refractivity contribution in [2.24, 2.45) is 5.92 Å². The molecular weight excluding hydrogens is 392 g/mol. The molecule has 0 unspecified atom stereocenters. The normalized spacial score (nSPS) is 19.1. The molecule has 0 spiro atoms. The van der Waals surface area contributed by atoms with Gasteiger partial charge in [-0.05, 0) is 56.0 Å². The van der Waals surface area contributed by atoms with E-state index in [9.17, 15) is 9.90 Å². The Labute approximate surface area is 187 Å². The summed E-state index contributed by atoms with van der Waals surface area (Å²) in [4.78, 5) is 15.0. The molecule has 0 aromatic heterocycles. The summed E-state index contributed by atoms with van der Waals surface area (Å²) in [7, 11) is 0. The molecule has 2 heterocycles. The monoisotopic (exact) mass is 432 g/mol. The summed E-state index contributed by atoms with van der Waals surface area (Å²) in [6.45, 7) is 8.22. The van der Waals surface area contributed by atoms with Crippen molar-refractivity contribution in [2.45, 2.75) is 77.4 Å². The quantitative estimate of drug-likeness (QED) is 0.516. The van der Waals surface area contributed by atoms with E-state index in [1.807, 2.05) is 18.2 Å². The van der Waals surface area contributed by atoms with Gasteiger partial charge in [-0.2, -0.15) is 0 Å². The topological polar surface area (TPSA) is 71.0 Å². The molecule has 6 heteroatoms. The molecule has 2 atom stereocenters. The van der Waals surface area contributed by atoms with Crippen LogP contribution in [0.4, 0.5) is 0 Å². The van der Waals surface area contributed by atoms with Crippen molar-refractivity contribution < 1.29 is 19.4 Å². The first kappa shape index (κ1) is 23.9. The van der Waals surface area contributed by atoms with Gasteiger partial charge < -0.3 is 24.8 Å². The highest BCUT2D eigenvalue weighted by Gasteiger charge is 2.28. The number of carbonyl (C=O) groups is 1. The number of amides is 1. The highest BCUT2D eigenvalue weighted by Crippen LogP contribution is 2.33. The molecule has 2 N–H and O–H groups in total. The molecule has 2 aliphatic heterocycles. The van der Waals surface area contributed by atoms with Crippen LogP contribution in [0.25, 0.3) is 0 Å². The summed E-state index contributed by atoms with van der Waals surface area (Å²) < 4.78 is 11.3. The molecule has 174 valence electrons. The largest absolute Gasteiger partial charge is 0.486 e. The predicted octanol–water partition coefficient (Wildman–Crippen LogP) is 4.07. The number of hydrogen-bond acceptors (Lipinski definition) is 5. The number of benzene rings is 1. The lowest BCUT2D eigenvalue weighted by Crippen LogP contribution is -2.49. The first-order valence-corrected chi connectivity index (χ1v) is 12.2. The number of fused-ring (bicyclic) bond motifs is 1. The van der Waals surface area contributed by atoms with Crippen LogP contribution in [-0.4, -0.2) is 54.8 Å². The number of rotatable bonds is 11. The van der Waals surface area contributed by atoms with Crippen molar-refractivity contribution in [2.75, 3.05) is 32.8 Å². The van der Waals surface area contributed by atoms with E-state index in [4.69, 9.17) is 9.47 Å². The van der Waals surface area contributed by atoms with Crippen molar-refractivity contribution >= 4 is 5.91 Å². The Balaban J connectivity index is 1.63. The zero-order valence-electron chi connectivity index (χ0n) is 19.3. The van der Waals surface area contributed by atoms with Gasteiger partial charge in [-0.15, -0.1) is 0 Å². The van der Waals surface area contributed by atoms with Crippen LogP contribution in [0.2, 0.25) is 0 Å². The minimum absolute atomic E-state index is 0.0310. The molecule has 0 radical (unpaired) electrons. The molecule has 1 fully saturated rings. The number of aliphatic hydroxyl groups excluding tert-OH is 1. The third-order valence-corrected chi connectivity index (χ3v) is 6.47. The number of nitrogens with one attached hydrogen (secondary N) is 1. The van der Waals surface area contributed by atoms with Gasteiger partial charge in [-0.1, -0.05) is 45.6 Å². The van der Waals surface area contributed by atoms with Crippen LogP contribution in [0.3, 0.4) is 0 Å². The van der Waals surface area contributed by atoms with Crippen LogP contribution < -0.4 is 14.8 Å². The van der Waals surface area contributed by atoms with E-state index in [-0.39, 0.29) is 11.9 Å². The van der Waals surface area contributed by atoms with Gasteiger partial charge in [0.1, 0.15) is 19.3 Å². The summed E-state index contributed by atoms with van der Waals surface area (Å²) in [6, 6.07) is 5.23. The van der Waals surface area contributed by atoms with Crippen molar-refractivity contribution in [3.63, 3.8) is 0 Å². The molecule has 6 nitrogen and oxygen atoms in total. The van der Waals surface area contributed by atoms with Crippen LogP contribution >= 0.6 is 0 Å². The lowest BCUT2D eigenvalue weighted by molar-refractivity contribution is -0.123. The number of likely N-dealkylation sites (tertiary alicyclic amines) is 1. The van der Waals surface area contributed by atoms with E-state index in [0.717, 1.165) is 50.3 Å². The number of carbonyl (C=O) groups excluding carboxylic acids is 1. The Hall–Kier alpha value is -1.79. The third kappa shape index (κ3) is 7.39. The van der Waals surface area contributed by atoms with E-state index < -0.39 is 6.10 Å². The molecule has 31 heavy (non-hydrogen) atoms. The molecule has 1 aromatic rings. The van der Waals surface area contributed by atoms with E-state index in [0.29, 0.717) is 37.7 Å². The Bertz CT molecular complexity index is 688. The van der Waals surface area contributed by atoms with E-state index in [1.54, 1.807) is 0 Å². The first-order chi connectivity index (χ1) is 15.1. The fourth-order valence-electron chi connectivity index (χ4n) is 4.39. The highest BCUT2D eigenvalue weighted by molar-refractivity contribution is 5.76. The van der Waals surface area contributed by atoms with Crippen LogP contribution in [0.15, 0.2) is 18.2 Å². The van der Waals surface area contributed by atoms with Crippen LogP contribution in [0.1, 0.15) is 76.9 Å². The minimum atomic E-state index is -0.792. The van der Waals surface area contributed by atoms with Gasteiger partial charge in [0.15, 0.2) is 11.5 Å². The summed E-state index contributed by atoms with van der Waals surface area (Å²) in [6.07, 6.45) is 7.64. The fourth-order valence-corrected chi connectivity index (χ4v) is 4.39. The van der Waals surface area contributed by atoms with Gasteiger partial charge in [0, 0.05) is 13.0 Å². The molecule has 0 bridgehead atoms. The maximum Gasteiger partial charge on any atom is 0.220 e. The van der Waals surface area contributed by atoms with Gasteiger partial charge >= 0.3 is 0 Å². The predicted molar refractivity (Wildman–Crippen MR) is 123 cm³/mol. The number of ether oxygens (including phenoxy) is 2. The minimum Gasteiger partial charge on any atom is -0.486 e. The van der Waals surface area contributed by atoms with E-state index in [1.165, 1.54) is 19.3 Å². The smallest absolute Gasteiger partial charge is 0.220 e. The zero-order valence-corrected chi connectivity index (χ0v) is 19.3. The summed E-state index contributed by atoms with van der Waals surface area (Å²) >= 11 is 0. The Morgan fingerprint density at radius 1 is 1.13 bits per heavy atom. The van der Waals surface area contributed by atoms with Crippen molar-refractivity contribution in [3.05, 3.63) is 23.8 Å². The van der Waals surface area contributed by atoms with E-state index in [2.05, 4.69) is 24.1 Å². The van der Waals surface area contributed by atoms with Crippen LogP contribution in [0.5, 0.6) is 11.5 Å². The zero-order chi connectivity index (χ0) is 22.1. The summed E-state index contributed by atoms with van der Waals surface area (Å²) in [5.74, 6) is 2.15. The van der Waals surface area contributed by atoms with Gasteiger partial charge in [0.2, 0.25) is 5.91 Å².